The van der Waals surface area contributed by atoms with E-state index in [1.54, 1.807) is 18.2 Å². The van der Waals surface area contributed by atoms with E-state index in [2.05, 4.69) is 4.98 Å². The van der Waals surface area contributed by atoms with Gasteiger partial charge in [-0.2, -0.15) is 0 Å². The molecule has 0 amide bonds. The van der Waals surface area contributed by atoms with Crippen molar-refractivity contribution in [2.45, 2.75) is 26.4 Å². The van der Waals surface area contributed by atoms with Crippen molar-refractivity contribution in [3.63, 3.8) is 0 Å². The predicted octanol–water partition coefficient (Wildman–Crippen LogP) is 0.726. The molecule has 0 aliphatic heterocycles. The molecule has 2 aromatic rings. The number of ether oxygens (including phenoxy) is 1. The van der Waals surface area contributed by atoms with Gasteiger partial charge in [0.25, 0.3) is 0 Å². The summed E-state index contributed by atoms with van der Waals surface area (Å²) in [6, 6.07) is 7.15. The van der Waals surface area contributed by atoms with Crippen molar-refractivity contribution in [1.29, 1.82) is 0 Å². The second kappa shape index (κ2) is 7.33. The van der Waals surface area contributed by atoms with Crippen LogP contribution in [0.4, 0.5) is 0 Å². The third-order valence-electron chi connectivity index (χ3n) is 3.60. The van der Waals surface area contributed by atoms with Crippen LogP contribution >= 0.6 is 0 Å². The summed E-state index contributed by atoms with van der Waals surface area (Å²) in [4.78, 5) is 4.36. The SMILES string of the molecule is COc1ccccc1-c1nc(CO)c(CO)c(CO)c1CO. The smallest absolute Gasteiger partial charge is 0.128 e. The summed E-state index contributed by atoms with van der Waals surface area (Å²) in [5.74, 6) is 0.564. The number of hydrogen-bond donors (Lipinski definition) is 4. The Morgan fingerprint density at radius 2 is 1.50 bits per heavy atom. The van der Waals surface area contributed by atoms with Gasteiger partial charge in [0.2, 0.25) is 0 Å². The van der Waals surface area contributed by atoms with E-state index < -0.39 is 0 Å². The molecule has 0 fully saturated rings. The molecule has 0 radical (unpaired) electrons. The van der Waals surface area contributed by atoms with Crippen molar-refractivity contribution in [1.82, 2.24) is 4.98 Å². The molecule has 0 aliphatic rings. The van der Waals surface area contributed by atoms with Crippen LogP contribution in [0.25, 0.3) is 11.3 Å². The van der Waals surface area contributed by atoms with Gasteiger partial charge in [-0.15, -0.1) is 0 Å². The molecule has 0 unspecified atom stereocenters. The van der Waals surface area contributed by atoms with Crippen LogP contribution in [0.15, 0.2) is 24.3 Å². The number of para-hydroxylation sites is 1. The molecule has 0 spiro atoms. The third-order valence-corrected chi connectivity index (χ3v) is 3.60. The van der Waals surface area contributed by atoms with E-state index in [9.17, 15) is 20.4 Å². The molecule has 1 aromatic heterocycles. The highest BCUT2D eigenvalue weighted by Gasteiger charge is 2.20. The molecule has 1 aromatic carbocycles. The van der Waals surface area contributed by atoms with E-state index in [1.165, 1.54) is 7.11 Å². The Morgan fingerprint density at radius 1 is 0.864 bits per heavy atom. The highest BCUT2D eigenvalue weighted by Crippen LogP contribution is 2.34. The van der Waals surface area contributed by atoms with Crippen molar-refractivity contribution < 1.29 is 25.2 Å². The Hall–Kier alpha value is -1.99. The van der Waals surface area contributed by atoms with Crippen molar-refractivity contribution in [2.24, 2.45) is 0 Å². The lowest BCUT2D eigenvalue weighted by atomic mass is 9.95. The van der Waals surface area contributed by atoms with Gasteiger partial charge in [-0.05, 0) is 17.7 Å². The summed E-state index contributed by atoms with van der Waals surface area (Å²) < 4.78 is 5.31. The number of aliphatic hydroxyl groups excluding tert-OH is 4. The topological polar surface area (TPSA) is 103 Å². The number of benzene rings is 1. The van der Waals surface area contributed by atoms with E-state index in [-0.39, 0.29) is 32.1 Å². The Balaban J connectivity index is 2.80. The minimum Gasteiger partial charge on any atom is -0.496 e. The first kappa shape index (κ1) is 16.4. The minimum atomic E-state index is -0.378. The van der Waals surface area contributed by atoms with Crippen LogP contribution in [0.5, 0.6) is 5.75 Å². The zero-order chi connectivity index (χ0) is 16.1. The number of aromatic nitrogens is 1. The highest BCUT2D eigenvalue weighted by atomic mass is 16.5. The lowest BCUT2D eigenvalue weighted by molar-refractivity contribution is 0.237. The minimum absolute atomic E-state index is 0.268. The molecule has 22 heavy (non-hydrogen) atoms. The van der Waals surface area contributed by atoms with Crippen LogP contribution in [0, 0.1) is 0 Å². The van der Waals surface area contributed by atoms with Gasteiger partial charge in [0.1, 0.15) is 5.75 Å². The fraction of sp³-hybridized carbons (Fsp3) is 0.312. The average Bonchev–Trinajstić information content (AvgIpc) is 2.59. The van der Waals surface area contributed by atoms with Crippen LogP contribution < -0.4 is 4.74 Å². The van der Waals surface area contributed by atoms with Crippen LogP contribution in [0.3, 0.4) is 0 Å². The van der Waals surface area contributed by atoms with E-state index in [4.69, 9.17) is 4.74 Å². The third kappa shape index (κ3) is 2.82. The maximum Gasteiger partial charge on any atom is 0.128 e. The van der Waals surface area contributed by atoms with Gasteiger partial charge in [-0.1, -0.05) is 12.1 Å². The number of methoxy groups -OCH3 is 1. The largest absolute Gasteiger partial charge is 0.496 e. The zero-order valence-corrected chi connectivity index (χ0v) is 12.3. The Labute approximate surface area is 128 Å². The van der Waals surface area contributed by atoms with Crippen LogP contribution in [0.1, 0.15) is 22.4 Å². The summed E-state index contributed by atoms with van der Waals surface area (Å²) in [6.07, 6.45) is 0. The number of aliphatic hydroxyl groups is 4. The first-order valence-electron chi connectivity index (χ1n) is 6.82. The van der Waals surface area contributed by atoms with Crippen molar-refractivity contribution in [2.75, 3.05) is 7.11 Å². The van der Waals surface area contributed by atoms with Crippen LogP contribution in [-0.4, -0.2) is 32.5 Å². The number of hydrogen-bond acceptors (Lipinski definition) is 6. The number of nitrogens with zero attached hydrogens (tertiary/aromatic N) is 1. The van der Waals surface area contributed by atoms with Gasteiger partial charge in [0.15, 0.2) is 0 Å². The first-order valence-corrected chi connectivity index (χ1v) is 6.82. The summed E-state index contributed by atoms with van der Waals surface area (Å²) in [7, 11) is 1.53. The molecular weight excluding hydrogens is 286 g/mol. The molecule has 0 aliphatic carbocycles. The van der Waals surface area contributed by atoms with Crippen molar-refractivity contribution in [3.8, 4) is 17.0 Å². The van der Waals surface area contributed by atoms with Gasteiger partial charge in [0.05, 0.1) is 44.9 Å². The summed E-state index contributed by atoms with van der Waals surface area (Å²) in [5.41, 5.74) is 2.46. The van der Waals surface area contributed by atoms with E-state index in [0.29, 0.717) is 33.7 Å². The summed E-state index contributed by atoms with van der Waals surface area (Å²) >= 11 is 0. The Kier molecular flexibility index (Phi) is 5.46. The van der Waals surface area contributed by atoms with Gasteiger partial charge in [0, 0.05) is 16.7 Å². The Morgan fingerprint density at radius 3 is 2.05 bits per heavy atom. The van der Waals surface area contributed by atoms with Crippen LogP contribution in [0.2, 0.25) is 0 Å². The first-order chi connectivity index (χ1) is 10.7. The van der Waals surface area contributed by atoms with E-state index >= 15 is 0 Å². The van der Waals surface area contributed by atoms with Crippen LogP contribution in [-0.2, 0) is 26.4 Å². The molecular formula is C16H19NO5. The summed E-state index contributed by atoms with van der Waals surface area (Å²) in [6.45, 7) is -1.48. The molecule has 6 heteroatoms. The monoisotopic (exact) mass is 305 g/mol. The maximum atomic E-state index is 9.70. The highest BCUT2D eigenvalue weighted by molar-refractivity contribution is 5.72. The quantitative estimate of drug-likeness (QED) is 0.627. The Bertz CT molecular complexity index is 657. The second-order valence-electron chi connectivity index (χ2n) is 4.68. The maximum absolute atomic E-state index is 9.70. The van der Waals surface area contributed by atoms with E-state index in [0.717, 1.165) is 0 Å². The van der Waals surface area contributed by atoms with Gasteiger partial charge >= 0.3 is 0 Å². The van der Waals surface area contributed by atoms with Crippen molar-refractivity contribution in [3.05, 3.63) is 46.6 Å². The number of pyridine rings is 1. The molecule has 0 atom stereocenters. The zero-order valence-electron chi connectivity index (χ0n) is 12.3. The molecule has 1 heterocycles. The number of rotatable bonds is 6. The molecule has 0 bridgehead atoms. The average molecular weight is 305 g/mol. The molecule has 118 valence electrons. The fourth-order valence-electron chi connectivity index (χ4n) is 2.51. The molecule has 2 rings (SSSR count). The van der Waals surface area contributed by atoms with Gasteiger partial charge in [-0.3, -0.25) is 0 Å². The molecule has 0 saturated carbocycles. The standard InChI is InChI=1S/C16H19NO5/c1-22-15-5-3-2-4-10(15)16-13(8-20)11(6-18)12(7-19)14(9-21)17-16/h2-5,18-21H,6-9H2,1H3. The molecule has 4 N–H and O–H groups in total. The lowest BCUT2D eigenvalue weighted by Crippen LogP contribution is -2.11. The lowest BCUT2D eigenvalue weighted by Gasteiger charge is -2.19. The fourth-order valence-corrected chi connectivity index (χ4v) is 2.51. The van der Waals surface area contributed by atoms with Crippen molar-refractivity contribution >= 4 is 0 Å². The van der Waals surface area contributed by atoms with Gasteiger partial charge < -0.3 is 25.2 Å². The normalized spacial score (nSPS) is 10.8. The van der Waals surface area contributed by atoms with E-state index in [1.807, 2.05) is 6.07 Å². The van der Waals surface area contributed by atoms with Gasteiger partial charge in [-0.25, -0.2) is 4.98 Å². The summed E-state index contributed by atoms with van der Waals surface area (Å²) in [5, 5.41) is 38.3. The second-order valence-corrected chi connectivity index (χ2v) is 4.68. The molecule has 0 saturated heterocycles. The molecule has 6 nitrogen and oxygen atoms in total. The predicted molar refractivity (Wildman–Crippen MR) is 79.9 cm³/mol.